The van der Waals surface area contributed by atoms with E-state index in [4.69, 9.17) is 5.11 Å². The Bertz CT molecular complexity index is 789. The second-order valence-electron chi connectivity index (χ2n) is 5.19. The van der Waals surface area contributed by atoms with Gasteiger partial charge in [0.2, 0.25) is 5.82 Å². The molecule has 0 saturated heterocycles. The minimum Gasteiger partial charge on any atom is -0.395 e. The summed E-state index contributed by atoms with van der Waals surface area (Å²) in [6, 6.07) is 11.8. The van der Waals surface area contributed by atoms with Crippen LogP contribution in [0.25, 0.3) is 11.4 Å². The SMILES string of the molecule is Cc1cc(Cn2nnc(-c3ccc(SNCCO)cc3)n2)ccn1. The number of tetrazole rings is 1. The number of hydrogen-bond donors (Lipinski definition) is 2. The highest BCUT2D eigenvalue weighted by molar-refractivity contribution is 7.97. The van der Waals surface area contributed by atoms with Crippen LogP contribution in [0.3, 0.4) is 0 Å². The molecule has 0 fully saturated rings. The summed E-state index contributed by atoms with van der Waals surface area (Å²) in [5.41, 5.74) is 2.97. The van der Waals surface area contributed by atoms with E-state index in [0.29, 0.717) is 18.9 Å². The molecule has 0 aliphatic rings. The summed E-state index contributed by atoms with van der Waals surface area (Å²) in [4.78, 5) is 6.82. The zero-order valence-corrected chi connectivity index (χ0v) is 14.1. The number of aliphatic hydroxyl groups excluding tert-OH is 1. The summed E-state index contributed by atoms with van der Waals surface area (Å²) >= 11 is 1.48. The van der Waals surface area contributed by atoms with E-state index >= 15 is 0 Å². The summed E-state index contributed by atoms with van der Waals surface area (Å²) in [5, 5.41) is 21.4. The maximum atomic E-state index is 8.76. The number of nitrogens with zero attached hydrogens (tertiary/aromatic N) is 5. The lowest BCUT2D eigenvalue weighted by Crippen LogP contribution is -2.08. The van der Waals surface area contributed by atoms with Gasteiger partial charge in [-0.25, -0.2) is 0 Å². The highest BCUT2D eigenvalue weighted by atomic mass is 32.2. The quantitative estimate of drug-likeness (QED) is 0.499. The fourth-order valence-corrected chi connectivity index (χ4v) is 2.78. The van der Waals surface area contributed by atoms with E-state index in [1.807, 2.05) is 43.3 Å². The molecule has 0 spiro atoms. The average Bonchev–Trinajstić information content (AvgIpc) is 3.04. The molecule has 2 heterocycles. The Hall–Kier alpha value is -2.29. The third-order valence-electron chi connectivity index (χ3n) is 3.25. The summed E-state index contributed by atoms with van der Waals surface area (Å²) in [5.74, 6) is 0.598. The summed E-state index contributed by atoms with van der Waals surface area (Å²) in [6.07, 6.45) is 1.78. The normalized spacial score (nSPS) is 10.9. The van der Waals surface area contributed by atoms with Gasteiger partial charge in [-0.3, -0.25) is 9.71 Å². The first-order chi connectivity index (χ1) is 11.7. The van der Waals surface area contributed by atoms with Crippen molar-refractivity contribution in [2.45, 2.75) is 18.4 Å². The lowest BCUT2D eigenvalue weighted by atomic mass is 10.2. The van der Waals surface area contributed by atoms with Gasteiger partial charge in [0.05, 0.1) is 13.2 Å². The molecule has 3 rings (SSSR count). The van der Waals surface area contributed by atoms with Crippen LogP contribution in [0.15, 0.2) is 47.5 Å². The molecular weight excluding hydrogens is 324 g/mol. The molecule has 0 aliphatic carbocycles. The number of benzene rings is 1. The van der Waals surface area contributed by atoms with Crippen LogP contribution in [0.5, 0.6) is 0 Å². The Morgan fingerprint density at radius 3 is 2.79 bits per heavy atom. The molecule has 24 heavy (non-hydrogen) atoms. The van der Waals surface area contributed by atoms with E-state index in [1.54, 1.807) is 11.0 Å². The Morgan fingerprint density at radius 2 is 2.04 bits per heavy atom. The van der Waals surface area contributed by atoms with E-state index in [-0.39, 0.29) is 6.61 Å². The van der Waals surface area contributed by atoms with Crippen LogP contribution in [0.2, 0.25) is 0 Å². The molecule has 3 aromatic rings. The molecule has 0 atom stereocenters. The van der Waals surface area contributed by atoms with Gasteiger partial charge in [0.25, 0.3) is 0 Å². The van der Waals surface area contributed by atoms with E-state index in [1.165, 1.54) is 11.9 Å². The number of aryl methyl sites for hydroxylation is 1. The van der Waals surface area contributed by atoms with Gasteiger partial charge in [-0.05, 0) is 66.0 Å². The van der Waals surface area contributed by atoms with E-state index in [2.05, 4.69) is 25.1 Å². The molecule has 1 aromatic carbocycles. The van der Waals surface area contributed by atoms with Crippen LogP contribution >= 0.6 is 11.9 Å². The molecule has 2 aromatic heterocycles. The second-order valence-corrected chi connectivity index (χ2v) is 6.16. The molecular formula is C16H18N6OS. The highest BCUT2D eigenvalue weighted by Crippen LogP contribution is 2.20. The number of nitrogens with one attached hydrogen (secondary N) is 1. The predicted octanol–water partition coefficient (Wildman–Crippen LogP) is 1.68. The number of aliphatic hydroxyl groups is 1. The van der Waals surface area contributed by atoms with Gasteiger partial charge in [0.1, 0.15) is 0 Å². The Labute approximate surface area is 144 Å². The molecule has 8 heteroatoms. The molecule has 0 saturated carbocycles. The van der Waals surface area contributed by atoms with Crippen LogP contribution < -0.4 is 4.72 Å². The molecule has 0 bridgehead atoms. The fourth-order valence-electron chi connectivity index (χ4n) is 2.14. The first-order valence-electron chi connectivity index (χ1n) is 7.55. The van der Waals surface area contributed by atoms with Crippen molar-refractivity contribution < 1.29 is 5.11 Å². The van der Waals surface area contributed by atoms with Crippen LogP contribution in [0.4, 0.5) is 0 Å². The van der Waals surface area contributed by atoms with Crippen LogP contribution in [-0.4, -0.2) is 43.4 Å². The van der Waals surface area contributed by atoms with Crippen molar-refractivity contribution in [3.8, 4) is 11.4 Å². The zero-order valence-electron chi connectivity index (χ0n) is 13.3. The standard InChI is InChI=1S/C16H18N6OS/c1-12-10-13(6-7-17-12)11-22-20-16(19-21-22)14-2-4-15(5-3-14)24-18-8-9-23/h2-7,10,18,23H,8-9,11H2,1H3. The first-order valence-corrected chi connectivity index (χ1v) is 8.36. The topological polar surface area (TPSA) is 88.8 Å². The van der Waals surface area contributed by atoms with Gasteiger partial charge in [-0.1, -0.05) is 0 Å². The molecule has 0 unspecified atom stereocenters. The fraction of sp³-hybridized carbons (Fsp3) is 0.250. The van der Waals surface area contributed by atoms with Crippen molar-refractivity contribution in [2.75, 3.05) is 13.2 Å². The maximum Gasteiger partial charge on any atom is 0.204 e. The molecule has 7 nitrogen and oxygen atoms in total. The van der Waals surface area contributed by atoms with Crippen molar-refractivity contribution in [1.29, 1.82) is 0 Å². The number of pyridine rings is 1. The third kappa shape index (κ3) is 4.38. The summed E-state index contributed by atoms with van der Waals surface area (Å²) in [6.45, 7) is 3.19. The molecule has 0 amide bonds. The lowest BCUT2D eigenvalue weighted by molar-refractivity contribution is 0.302. The molecule has 124 valence electrons. The van der Waals surface area contributed by atoms with E-state index < -0.39 is 0 Å². The van der Waals surface area contributed by atoms with E-state index in [0.717, 1.165) is 21.7 Å². The lowest BCUT2D eigenvalue weighted by Gasteiger charge is -2.02. The average molecular weight is 342 g/mol. The molecule has 0 radical (unpaired) electrons. The van der Waals surface area contributed by atoms with E-state index in [9.17, 15) is 0 Å². The van der Waals surface area contributed by atoms with Gasteiger partial charge in [0, 0.05) is 28.9 Å². The van der Waals surface area contributed by atoms with Crippen LogP contribution in [0, 0.1) is 6.92 Å². The zero-order chi connectivity index (χ0) is 16.8. The predicted molar refractivity (Wildman–Crippen MR) is 92.3 cm³/mol. The van der Waals surface area contributed by atoms with Gasteiger partial charge in [0.15, 0.2) is 0 Å². The Kier molecular flexibility index (Phi) is 5.52. The minimum atomic E-state index is 0.120. The maximum absolute atomic E-state index is 8.76. The minimum absolute atomic E-state index is 0.120. The van der Waals surface area contributed by atoms with Crippen molar-refractivity contribution in [3.05, 3.63) is 53.9 Å². The number of aromatic nitrogens is 5. The highest BCUT2D eigenvalue weighted by Gasteiger charge is 2.07. The smallest absolute Gasteiger partial charge is 0.204 e. The number of rotatable bonds is 7. The third-order valence-corrected chi connectivity index (χ3v) is 4.11. The van der Waals surface area contributed by atoms with Crippen molar-refractivity contribution in [2.24, 2.45) is 0 Å². The number of hydrogen-bond acceptors (Lipinski definition) is 7. The largest absolute Gasteiger partial charge is 0.395 e. The van der Waals surface area contributed by atoms with Crippen molar-refractivity contribution in [3.63, 3.8) is 0 Å². The Balaban J connectivity index is 1.66. The van der Waals surface area contributed by atoms with Gasteiger partial charge < -0.3 is 5.11 Å². The van der Waals surface area contributed by atoms with Gasteiger partial charge in [-0.15, -0.1) is 10.2 Å². The summed E-state index contributed by atoms with van der Waals surface area (Å²) < 4.78 is 3.06. The Morgan fingerprint density at radius 1 is 1.21 bits per heavy atom. The molecule has 2 N–H and O–H groups in total. The van der Waals surface area contributed by atoms with Crippen molar-refractivity contribution >= 4 is 11.9 Å². The van der Waals surface area contributed by atoms with Gasteiger partial charge in [-0.2, -0.15) is 4.80 Å². The summed E-state index contributed by atoms with van der Waals surface area (Å²) in [7, 11) is 0. The van der Waals surface area contributed by atoms with Crippen LogP contribution in [-0.2, 0) is 6.54 Å². The first kappa shape index (κ1) is 16.6. The second kappa shape index (κ2) is 8.00. The van der Waals surface area contributed by atoms with Gasteiger partial charge >= 0.3 is 0 Å². The van der Waals surface area contributed by atoms with Crippen LogP contribution in [0.1, 0.15) is 11.3 Å². The van der Waals surface area contributed by atoms with Crippen molar-refractivity contribution in [1.82, 2.24) is 29.9 Å². The molecule has 0 aliphatic heterocycles. The monoisotopic (exact) mass is 342 g/mol.